The van der Waals surface area contributed by atoms with Crippen LogP contribution in [0.3, 0.4) is 0 Å². The van der Waals surface area contributed by atoms with Crippen molar-refractivity contribution in [3.8, 4) is 0 Å². The third kappa shape index (κ3) is 3.81. The van der Waals surface area contributed by atoms with Crippen LogP contribution in [0, 0.1) is 12.8 Å². The van der Waals surface area contributed by atoms with Crippen molar-refractivity contribution in [3.63, 3.8) is 0 Å². The minimum Gasteiger partial charge on any atom is -0.465 e. The molecule has 2 aromatic carbocycles. The van der Waals surface area contributed by atoms with Gasteiger partial charge in [0.1, 0.15) is 0 Å². The number of anilines is 1. The molecule has 0 saturated heterocycles. The molecule has 4 rings (SSSR count). The van der Waals surface area contributed by atoms with Crippen LogP contribution >= 0.6 is 0 Å². The third-order valence-corrected chi connectivity index (χ3v) is 5.63. The largest absolute Gasteiger partial charge is 0.465 e. The Balaban J connectivity index is 1.93. The SMILES string of the molecule is CCOC(=O)[C@@H]1C(=O)N(CCCOC)c2nc3ccccc3n2[C@H]1c1ccc(C)cc1. The van der Waals surface area contributed by atoms with Gasteiger partial charge in [0, 0.05) is 20.3 Å². The van der Waals surface area contributed by atoms with Crippen LogP contribution in [0.25, 0.3) is 11.0 Å². The maximum atomic E-state index is 13.7. The van der Waals surface area contributed by atoms with E-state index in [2.05, 4.69) is 0 Å². The predicted molar refractivity (Wildman–Crippen MR) is 118 cm³/mol. The van der Waals surface area contributed by atoms with E-state index >= 15 is 0 Å². The van der Waals surface area contributed by atoms with Crippen molar-refractivity contribution in [1.29, 1.82) is 0 Å². The number of ether oxygens (including phenoxy) is 2. The molecule has 1 aliphatic heterocycles. The van der Waals surface area contributed by atoms with Crippen LogP contribution in [0.5, 0.6) is 0 Å². The zero-order chi connectivity index (χ0) is 22.0. The molecule has 7 heteroatoms. The van der Waals surface area contributed by atoms with Gasteiger partial charge in [-0.05, 0) is 38.0 Å². The van der Waals surface area contributed by atoms with Crippen LogP contribution in [0.2, 0.25) is 0 Å². The molecule has 0 saturated carbocycles. The van der Waals surface area contributed by atoms with Gasteiger partial charge in [0.2, 0.25) is 11.9 Å². The number of para-hydroxylation sites is 2. The zero-order valence-corrected chi connectivity index (χ0v) is 18.1. The maximum Gasteiger partial charge on any atom is 0.321 e. The number of amides is 1. The van der Waals surface area contributed by atoms with Crippen LogP contribution in [-0.2, 0) is 19.1 Å². The average Bonchev–Trinajstić information content (AvgIpc) is 3.15. The first-order valence-electron chi connectivity index (χ1n) is 10.6. The van der Waals surface area contributed by atoms with Crippen LogP contribution in [0.15, 0.2) is 48.5 Å². The predicted octanol–water partition coefficient (Wildman–Crippen LogP) is 3.50. The molecule has 1 amide bonds. The van der Waals surface area contributed by atoms with E-state index in [1.165, 1.54) is 0 Å². The van der Waals surface area contributed by atoms with Gasteiger partial charge in [-0.3, -0.25) is 14.5 Å². The summed E-state index contributed by atoms with van der Waals surface area (Å²) in [4.78, 5) is 33.1. The summed E-state index contributed by atoms with van der Waals surface area (Å²) in [5.41, 5.74) is 3.64. The number of benzene rings is 2. The van der Waals surface area contributed by atoms with E-state index in [-0.39, 0.29) is 12.5 Å². The molecule has 31 heavy (non-hydrogen) atoms. The molecule has 162 valence electrons. The maximum absolute atomic E-state index is 13.7. The Morgan fingerprint density at radius 3 is 2.58 bits per heavy atom. The minimum atomic E-state index is -0.990. The van der Waals surface area contributed by atoms with Gasteiger partial charge in [0.15, 0.2) is 5.92 Å². The first-order valence-corrected chi connectivity index (χ1v) is 10.6. The van der Waals surface area contributed by atoms with E-state index in [1.54, 1.807) is 18.9 Å². The fraction of sp³-hybridized carbons (Fsp3) is 0.375. The highest BCUT2D eigenvalue weighted by Gasteiger charge is 2.47. The van der Waals surface area contributed by atoms with E-state index in [4.69, 9.17) is 14.5 Å². The molecule has 0 fully saturated rings. The second kappa shape index (κ2) is 8.89. The normalized spacial score (nSPS) is 18.3. The number of fused-ring (bicyclic) bond motifs is 3. The van der Waals surface area contributed by atoms with Gasteiger partial charge in [0.05, 0.1) is 23.7 Å². The van der Waals surface area contributed by atoms with Crippen LogP contribution in [0.4, 0.5) is 5.95 Å². The van der Waals surface area contributed by atoms with Crippen LogP contribution < -0.4 is 4.90 Å². The monoisotopic (exact) mass is 421 g/mol. The van der Waals surface area contributed by atoms with Crippen molar-refractivity contribution in [1.82, 2.24) is 9.55 Å². The van der Waals surface area contributed by atoms with Gasteiger partial charge in [0.25, 0.3) is 0 Å². The zero-order valence-electron chi connectivity index (χ0n) is 18.1. The lowest BCUT2D eigenvalue weighted by Crippen LogP contribution is -2.50. The summed E-state index contributed by atoms with van der Waals surface area (Å²) in [5, 5.41) is 0. The van der Waals surface area contributed by atoms with Crippen LogP contribution in [0.1, 0.15) is 30.5 Å². The van der Waals surface area contributed by atoms with Gasteiger partial charge in [-0.15, -0.1) is 0 Å². The first kappa shape index (κ1) is 21.1. The Morgan fingerprint density at radius 1 is 1.13 bits per heavy atom. The van der Waals surface area contributed by atoms with Gasteiger partial charge in [-0.2, -0.15) is 0 Å². The minimum absolute atomic E-state index is 0.213. The van der Waals surface area contributed by atoms with E-state index in [0.29, 0.717) is 25.5 Å². The molecule has 3 aromatic rings. The second-order valence-electron chi connectivity index (χ2n) is 7.69. The number of aromatic nitrogens is 2. The molecule has 0 spiro atoms. The first-order chi connectivity index (χ1) is 15.1. The fourth-order valence-electron chi connectivity index (χ4n) is 4.19. The van der Waals surface area contributed by atoms with Crippen LogP contribution in [-0.4, -0.2) is 48.3 Å². The van der Waals surface area contributed by atoms with Gasteiger partial charge in [-0.1, -0.05) is 42.0 Å². The lowest BCUT2D eigenvalue weighted by atomic mass is 9.89. The van der Waals surface area contributed by atoms with Gasteiger partial charge >= 0.3 is 5.97 Å². The Hall–Kier alpha value is -3.19. The summed E-state index contributed by atoms with van der Waals surface area (Å²) in [6, 6.07) is 15.1. The number of nitrogens with zero attached hydrogens (tertiary/aromatic N) is 3. The van der Waals surface area contributed by atoms with Crippen molar-refractivity contribution in [2.24, 2.45) is 5.92 Å². The van der Waals surface area contributed by atoms with Crippen molar-refractivity contribution in [2.75, 3.05) is 31.8 Å². The summed E-state index contributed by atoms with van der Waals surface area (Å²) in [7, 11) is 1.63. The summed E-state index contributed by atoms with van der Waals surface area (Å²) < 4.78 is 12.5. The van der Waals surface area contributed by atoms with E-state index in [1.807, 2.05) is 60.0 Å². The molecule has 2 heterocycles. The van der Waals surface area contributed by atoms with Gasteiger partial charge < -0.3 is 14.0 Å². The number of hydrogen-bond acceptors (Lipinski definition) is 5. The van der Waals surface area contributed by atoms with E-state index in [0.717, 1.165) is 22.2 Å². The summed E-state index contributed by atoms with van der Waals surface area (Å²) in [6.07, 6.45) is 0.635. The number of aryl methyl sites for hydroxylation is 1. The molecule has 0 bridgehead atoms. The molecule has 1 aromatic heterocycles. The average molecular weight is 421 g/mol. The molecular formula is C24H27N3O4. The Labute approximate surface area is 181 Å². The lowest BCUT2D eigenvalue weighted by Gasteiger charge is -2.38. The molecule has 0 radical (unpaired) electrons. The van der Waals surface area contributed by atoms with Crippen molar-refractivity contribution in [3.05, 3.63) is 59.7 Å². The molecule has 7 nitrogen and oxygen atoms in total. The Kier molecular flexibility index (Phi) is 6.04. The highest BCUT2D eigenvalue weighted by Crippen LogP contribution is 2.41. The number of methoxy groups -OCH3 is 1. The van der Waals surface area contributed by atoms with Crippen molar-refractivity contribution in [2.45, 2.75) is 26.3 Å². The molecular weight excluding hydrogens is 394 g/mol. The lowest BCUT2D eigenvalue weighted by molar-refractivity contribution is -0.153. The van der Waals surface area contributed by atoms with Crippen molar-refractivity contribution >= 4 is 28.9 Å². The van der Waals surface area contributed by atoms with Gasteiger partial charge in [-0.25, -0.2) is 4.98 Å². The molecule has 0 aliphatic carbocycles. The molecule has 0 N–H and O–H groups in total. The summed E-state index contributed by atoms with van der Waals surface area (Å²) in [6.45, 7) is 4.89. The number of esters is 1. The molecule has 1 aliphatic rings. The Bertz CT molecular complexity index is 1090. The van der Waals surface area contributed by atoms with Crippen molar-refractivity contribution < 1.29 is 19.1 Å². The standard InChI is InChI=1S/C24H27N3O4/c1-4-31-23(29)20-21(17-12-10-16(2)11-13-17)27-19-9-6-5-8-18(19)25-24(27)26(22(20)28)14-7-15-30-3/h5-6,8-13,20-21H,4,7,14-15H2,1-3H3/t20-,21-/m0/s1. The highest BCUT2D eigenvalue weighted by molar-refractivity contribution is 6.08. The van der Waals surface area contributed by atoms with E-state index in [9.17, 15) is 9.59 Å². The summed E-state index contributed by atoms with van der Waals surface area (Å²) >= 11 is 0. The number of rotatable bonds is 7. The third-order valence-electron chi connectivity index (χ3n) is 5.63. The second-order valence-corrected chi connectivity index (χ2v) is 7.69. The Morgan fingerprint density at radius 2 is 1.87 bits per heavy atom. The number of imidazole rings is 1. The quantitative estimate of drug-likeness (QED) is 0.332. The van der Waals surface area contributed by atoms with E-state index < -0.39 is 17.9 Å². The smallest absolute Gasteiger partial charge is 0.321 e. The number of hydrogen-bond donors (Lipinski definition) is 0. The molecule has 0 unspecified atom stereocenters. The summed E-state index contributed by atoms with van der Waals surface area (Å²) in [5.74, 6) is -1.25. The topological polar surface area (TPSA) is 73.7 Å². The molecule has 2 atom stereocenters. The highest BCUT2D eigenvalue weighted by atomic mass is 16.5. The number of carbonyl (C=O) groups excluding carboxylic acids is 2. The number of carbonyl (C=O) groups is 2. The fourth-order valence-corrected chi connectivity index (χ4v) is 4.19.